The zero-order valence-corrected chi connectivity index (χ0v) is 15.0. The van der Waals surface area contributed by atoms with Gasteiger partial charge in [-0.2, -0.15) is 0 Å². The fraction of sp³-hybridized carbons (Fsp3) is 0.667. The Morgan fingerprint density at radius 3 is 2.38 bits per heavy atom. The summed E-state index contributed by atoms with van der Waals surface area (Å²) >= 11 is 12.3. The summed E-state index contributed by atoms with van der Waals surface area (Å²) in [5.41, 5.74) is 1.65. The van der Waals surface area contributed by atoms with Gasteiger partial charge in [0.05, 0.1) is 10.0 Å². The Morgan fingerprint density at radius 1 is 1.14 bits per heavy atom. The molecule has 3 heteroatoms. The van der Waals surface area contributed by atoms with Gasteiger partial charge in [-0.05, 0) is 56.0 Å². The first-order valence-corrected chi connectivity index (χ1v) is 8.97. The number of unbranched alkanes of at least 4 members (excludes halogenated alkanes) is 1. The quantitative estimate of drug-likeness (QED) is 0.584. The van der Waals surface area contributed by atoms with Crippen molar-refractivity contribution in [2.75, 3.05) is 19.6 Å². The third-order valence-corrected chi connectivity index (χ3v) is 5.56. The van der Waals surface area contributed by atoms with Crippen LogP contribution >= 0.6 is 23.2 Å². The second-order valence-corrected chi connectivity index (χ2v) is 7.33. The summed E-state index contributed by atoms with van der Waals surface area (Å²) in [6.07, 6.45) is 5.02. The summed E-state index contributed by atoms with van der Waals surface area (Å²) in [6.45, 7) is 10.4. The lowest BCUT2D eigenvalue weighted by molar-refractivity contribution is 0.240. The smallest absolute Gasteiger partial charge is 0.0595 e. The van der Waals surface area contributed by atoms with Gasteiger partial charge < -0.3 is 4.90 Å². The molecule has 0 heterocycles. The van der Waals surface area contributed by atoms with Gasteiger partial charge >= 0.3 is 0 Å². The van der Waals surface area contributed by atoms with Crippen LogP contribution in [0.4, 0.5) is 0 Å². The van der Waals surface area contributed by atoms with Crippen molar-refractivity contribution in [3.05, 3.63) is 33.8 Å². The van der Waals surface area contributed by atoms with E-state index < -0.39 is 0 Å². The minimum Gasteiger partial charge on any atom is -0.302 e. The largest absolute Gasteiger partial charge is 0.302 e. The van der Waals surface area contributed by atoms with E-state index in [0.717, 1.165) is 12.5 Å². The fourth-order valence-electron chi connectivity index (χ4n) is 3.37. The van der Waals surface area contributed by atoms with Crippen molar-refractivity contribution in [1.82, 2.24) is 4.90 Å². The summed E-state index contributed by atoms with van der Waals surface area (Å²) in [5, 5.41) is 1.34. The molecule has 2 atom stereocenters. The summed E-state index contributed by atoms with van der Waals surface area (Å²) in [4.78, 5) is 2.63. The van der Waals surface area contributed by atoms with E-state index in [-0.39, 0.29) is 5.41 Å². The van der Waals surface area contributed by atoms with Crippen LogP contribution in [0.5, 0.6) is 0 Å². The number of benzene rings is 1. The summed E-state index contributed by atoms with van der Waals surface area (Å²) in [5.74, 6) is 0.732. The number of nitrogens with zero attached hydrogens (tertiary/aromatic N) is 1. The summed E-state index contributed by atoms with van der Waals surface area (Å²) < 4.78 is 0. The molecule has 118 valence electrons. The molecule has 0 aliphatic heterocycles. The highest BCUT2D eigenvalue weighted by molar-refractivity contribution is 6.42. The standard InChI is InChI=1S/C18H27Cl2N/c1-4-6-10-21(9-5-2)13-18(12-14(18)3)15-7-8-16(19)17(20)11-15/h7-8,11,14H,4-6,9-10,12-13H2,1-3H3/t14-,18?/m1/s1. The van der Waals surface area contributed by atoms with E-state index in [1.807, 2.05) is 6.07 Å². The molecular formula is C18H27Cl2N. The van der Waals surface area contributed by atoms with Crippen molar-refractivity contribution in [1.29, 1.82) is 0 Å². The van der Waals surface area contributed by atoms with Crippen molar-refractivity contribution < 1.29 is 0 Å². The predicted octanol–water partition coefficient (Wildman–Crippen LogP) is 5.78. The molecule has 1 nitrogen and oxygen atoms in total. The maximum absolute atomic E-state index is 6.23. The van der Waals surface area contributed by atoms with Crippen LogP contribution in [-0.4, -0.2) is 24.5 Å². The van der Waals surface area contributed by atoms with E-state index in [0.29, 0.717) is 10.0 Å². The van der Waals surface area contributed by atoms with Gasteiger partial charge in [0.25, 0.3) is 0 Å². The Bertz CT molecular complexity index is 474. The zero-order valence-electron chi connectivity index (χ0n) is 13.5. The summed E-state index contributed by atoms with van der Waals surface area (Å²) in [7, 11) is 0. The van der Waals surface area contributed by atoms with E-state index in [9.17, 15) is 0 Å². The molecule has 1 unspecified atom stereocenters. The van der Waals surface area contributed by atoms with Crippen molar-refractivity contribution in [3.8, 4) is 0 Å². The molecule has 2 rings (SSSR count). The topological polar surface area (TPSA) is 3.24 Å². The number of halogens is 2. The molecule has 1 saturated carbocycles. The highest BCUT2D eigenvalue weighted by Crippen LogP contribution is 2.55. The van der Waals surface area contributed by atoms with E-state index in [2.05, 4.69) is 37.8 Å². The van der Waals surface area contributed by atoms with Crippen LogP contribution < -0.4 is 0 Å². The Labute approximate surface area is 139 Å². The molecule has 0 radical (unpaired) electrons. The van der Waals surface area contributed by atoms with Gasteiger partial charge in [0, 0.05) is 12.0 Å². The minimum atomic E-state index is 0.289. The molecule has 0 bridgehead atoms. The molecule has 0 saturated heterocycles. The van der Waals surface area contributed by atoms with Gasteiger partial charge in [0.2, 0.25) is 0 Å². The Kier molecular flexibility index (Phi) is 5.99. The fourth-order valence-corrected chi connectivity index (χ4v) is 3.67. The molecule has 1 aromatic carbocycles. The molecular weight excluding hydrogens is 301 g/mol. The van der Waals surface area contributed by atoms with Gasteiger partial charge in [0.1, 0.15) is 0 Å². The van der Waals surface area contributed by atoms with Crippen molar-refractivity contribution in [3.63, 3.8) is 0 Å². The first-order valence-electron chi connectivity index (χ1n) is 8.21. The van der Waals surface area contributed by atoms with E-state index >= 15 is 0 Å². The van der Waals surface area contributed by atoms with E-state index in [4.69, 9.17) is 23.2 Å². The molecule has 1 aromatic rings. The van der Waals surface area contributed by atoms with Gasteiger partial charge in [0.15, 0.2) is 0 Å². The highest BCUT2D eigenvalue weighted by Gasteiger charge is 2.52. The minimum absolute atomic E-state index is 0.289. The lowest BCUT2D eigenvalue weighted by Gasteiger charge is -2.28. The molecule has 1 fully saturated rings. The molecule has 1 aliphatic carbocycles. The van der Waals surface area contributed by atoms with Crippen LogP contribution in [-0.2, 0) is 5.41 Å². The average Bonchev–Trinajstić information content (AvgIpc) is 3.10. The van der Waals surface area contributed by atoms with Crippen LogP contribution in [0, 0.1) is 5.92 Å². The zero-order chi connectivity index (χ0) is 15.5. The molecule has 21 heavy (non-hydrogen) atoms. The number of hydrogen-bond donors (Lipinski definition) is 0. The van der Waals surface area contributed by atoms with Crippen LogP contribution in [0.25, 0.3) is 0 Å². The van der Waals surface area contributed by atoms with E-state index in [1.165, 1.54) is 44.3 Å². The van der Waals surface area contributed by atoms with Gasteiger partial charge in [-0.15, -0.1) is 0 Å². The molecule has 0 aromatic heterocycles. The lowest BCUT2D eigenvalue weighted by Crippen LogP contribution is -2.35. The predicted molar refractivity (Wildman–Crippen MR) is 93.6 cm³/mol. The third-order valence-electron chi connectivity index (χ3n) is 4.82. The number of rotatable bonds is 8. The van der Waals surface area contributed by atoms with Gasteiger partial charge in [-0.3, -0.25) is 0 Å². The third kappa shape index (κ3) is 3.94. The number of hydrogen-bond acceptors (Lipinski definition) is 1. The highest BCUT2D eigenvalue weighted by atomic mass is 35.5. The monoisotopic (exact) mass is 327 g/mol. The summed E-state index contributed by atoms with van der Waals surface area (Å²) in [6, 6.07) is 6.20. The first-order chi connectivity index (χ1) is 10.0. The molecule has 0 amide bonds. The maximum atomic E-state index is 6.23. The van der Waals surface area contributed by atoms with Crippen molar-refractivity contribution >= 4 is 23.2 Å². The van der Waals surface area contributed by atoms with Crippen LogP contribution in [0.2, 0.25) is 10.0 Å². The lowest BCUT2D eigenvalue weighted by atomic mass is 9.92. The van der Waals surface area contributed by atoms with Crippen molar-refractivity contribution in [2.24, 2.45) is 5.92 Å². The van der Waals surface area contributed by atoms with Gasteiger partial charge in [-0.25, -0.2) is 0 Å². The second-order valence-electron chi connectivity index (χ2n) is 6.52. The first kappa shape index (κ1) is 17.1. The van der Waals surface area contributed by atoms with Crippen LogP contribution in [0.15, 0.2) is 18.2 Å². The molecule has 0 spiro atoms. The SMILES string of the molecule is CCCCN(CCC)CC1(c2ccc(Cl)c(Cl)c2)C[C@H]1C. The van der Waals surface area contributed by atoms with E-state index in [1.54, 1.807) is 0 Å². The molecule has 0 N–H and O–H groups in total. The Hall–Kier alpha value is -0.240. The Morgan fingerprint density at radius 2 is 1.86 bits per heavy atom. The second kappa shape index (κ2) is 7.35. The average molecular weight is 328 g/mol. The van der Waals surface area contributed by atoms with Crippen LogP contribution in [0.3, 0.4) is 0 Å². The van der Waals surface area contributed by atoms with Gasteiger partial charge in [-0.1, -0.05) is 56.5 Å². The van der Waals surface area contributed by atoms with Crippen LogP contribution in [0.1, 0.15) is 52.0 Å². The van der Waals surface area contributed by atoms with Crippen molar-refractivity contribution in [2.45, 2.75) is 51.9 Å². The maximum Gasteiger partial charge on any atom is 0.0595 e. The Balaban J connectivity index is 2.14. The normalized spacial score (nSPS) is 24.6. The molecule has 1 aliphatic rings.